The van der Waals surface area contributed by atoms with Gasteiger partial charge < -0.3 is 14.8 Å². The molecule has 1 N–H and O–H groups in total. The molecule has 0 atom stereocenters. The van der Waals surface area contributed by atoms with Crippen molar-refractivity contribution in [2.75, 3.05) is 18.5 Å². The molecule has 0 bridgehead atoms. The summed E-state index contributed by atoms with van der Waals surface area (Å²) < 4.78 is 10.6. The maximum absolute atomic E-state index is 12.0. The van der Waals surface area contributed by atoms with Crippen molar-refractivity contribution < 1.29 is 14.3 Å². The summed E-state index contributed by atoms with van der Waals surface area (Å²) in [4.78, 5) is 20.4. The monoisotopic (exact) mass is 301 g/mol. The normalized spacial score (nSPS) is 10.1. The Bertz CT molecular complexity index is 659. The Morgan fingerprint density at radius 2 is 2.00 bits per heavy atom. The maximum Gasteiger partial charge on any atom is 0.343 e. The first-order chi connectivity index (χ1) is 10.7. The van der Waals surface area contributed by atoms with E-state index >= 15 is 0 Å². The molecule has 0 amide bonds. The standard InChI is InChI=1S/C16H19N3O3/c1-4-21-14-9-7-6-8-13(14)19-15-12(16(20)22-5-2)10-17-11(3)18-15/h6-10H,4-5H2,1-3H3,(H,17,18,19). The van der Waals surface area contributed by atoms with Crippen LogP contribution in [-0.2, 0) is 4.74 Å². The van der Waals surface area contributed by atoms with E-state index in [1.165, 1.54) is 6.20 Å². The molecule has 6 heteroatoms. The van der Waals surface area contributed by atoms with E-state index in [4.69, 9.17) is 9.47 Å². The van der Waals surface area contributed by atoms with Gasteiger partial charge in [-0.1, -0.05) is 12.1 Å². The number of anilines is 2. The highest BCUT2D eigenvalue weighted by Crippen LogP contribution is 2.28. The van der Waals surface area contributed by atoms with Crippen molar-refractivity contribution in [3.63, 3.8) is 0 Å². The molecule has 0 radical (unpaired) electrons. The zero-order valence-electron chi connectivity index (χ0n) is 12.9. The summed E-state index contributed by atoms with van der Waals surface area (Å²) in [5, 5.41) is 3.13. The Morgan fingerprint density at radius 1 is 1.23 bits per heavy atom. The molecule has 0 unspecified atom stereocenters. The molecular weight excluding hydrogens is 282 g/mol. The number of rotatable bonds is 6. The first-order valence-corrected chi connectivity index (χ1v) is 7.15. The lowest BCUT2D eigenvalue weighted by molar-refractivity contribution is 0.0526. The van der Waals surface area contributed by atoms with Crippen LogP contribution in [0.2, 0.25) is 0 Å². The van der Waals surface area contributed by atoms with Crippen molar-refractivity contribution in [2.24, 2.45) is 0 Å². The number of aromatic nitrogens is 2. The minimum Gasteiger partial charge on any atom is -0.492 e. The van der Waals surface area contributed by atoms with Gasteiger partial charge in [-0.15, -0.1) is 0 Å². The summed E-state index contributed by atoms with van der Waals surface area (Å²) in [7, 11) is 0. The number of nitrogens with zero attached hydrogens (tertiary/aromatic N) is 2. The fraction of sp³-hybridized carbons (Fsp3) is 0.312. The second kappa shape index (κ2) is 7.40. The molecule has 6 nitrogen and oxygen atoms in total. The van der Waals surface area contributed by atoms with Crippen molar-refractivity contribution in [3.05, 3.63) is 41.9 Å². The largest absolute Gasteiger partial charge is 0.492 e. The third kappa shape index (κ3) is 3.72. The maximum atomic E-state index is 12.0. The number of hydrogen-bond donors (Lipinski definition) is 1. The van der Waals surface area contributed by atoms with E-state index in [-0.39, 0.29) is 0 Å². The predicted molar refractivity (Wildman–Crippen MR) is 83.6 cm³/mol. The van der Waals surface area contributed by atoms with Crippen LogP contribution >= 0.6 is 0 Å². The smallest absolute Gasteiger partial charge is 0.343 e. The Morgan fingerprint density at radius 3 is 2.73 bits per heavy atom. The lowest BCUT2D eigenvalue weighted by atomic mass is 10.2. The van der Waals surface area contributed by atoms with Crippen LogP contribution in [0.15, 0.2) is 30.5 Å². The minimum atomic E-state index is -0.459. The van der Waals surface area contributed by atoms with Gasteiger partial charge in [0.2, 0.25) is 0 Å². The third-order valence-corrected chi connectivity index (χ3v) is 2.84. The molecule has 0 spiro atoms. The summed E-state index contributed by atoms with van der Waals surface area (Å²) in [6.45, 7) is 6.27. The molecule has 22 heavy (non-hydrogen) atoms. The van der Waals surface area contributed by atoms with E-state index in [2.05, 4.69) is 15.3 Å². The molecule has 0 fully saturated rings. The van der Waals surface area contributed by atoms with E-state index in [1.807, 2.05) is 31.2 Å². The lowest BCUT2D eigenvalue weighted by Gasteiger charge is -2.14. The molecule has 1 heterocycles. The number of carbonyl (C=O) groups is 1. The van der Waals surface area contributed by atoms with Gasteiger partial charge in [-0.2, -0.15) is 0 Å². The van der Waals surface area contributed by atoms with Crippen molar-refractivity contribution in [1.29, 1.82) is 0 Å². The number of carbonyl (C=O) groups excluding carboxylic acids is 1. The van der Waals surface area contributed by atoms with Gasteiger partial charge in [0, 0.05) is 6.20 Å². The number of hydrogen-bond acceptors (Lipinski definition) is 6. The number of para-hydroxylation sites is 2. The molecule has 1 aromatic heterocycles. The number of benzene rings is 1. The van der Waals surface area contributed by atoms with Crippen LogP contribution < -0.4 is 10.1 Å². The highest BCUT2D eigenvalue weighted by atomic mass is 16.5. The number of aryl methyl sites for hydroxylation is 1. The van der Waals surface area contributed by atoms with Crippen molar-refractivity contribution in [1.82, 2.24) is 9.97 Å². The van der Waals surface area contributed by atoms with Crippen LogP contribution in [0.5, 0.6) is 5.75 Å². The van der Waals surface area contributed by atoms with Gasteiger partial charge in [-0.25, -0.2) is 14.8 Å². The first kappa shape index (κ1) is 15.8. The average Bonchev–Trinajstić information content (AvgIpc) is 2.50. The molecule has 0 saturated heterocycles. The SMILES string of the molecule is CCOC(=O)c1cnc(C)nc1Nc1ccccc1OCC. The number of ether oxygens (including phenoxy) is 2. The van der Waals surface area contributed by atoms with Gasteiger partial charge in [-0.3, -0.25) is 0 Å². The minimum absolute atomic E-state index is 0.291. The van der Waals surface area contributed by atoms with E-state index in [9.17, 15) is 4.79 Å². The average molecular weight is 301 g/mol. The molecule has 116 valence electrons. The first-order valence-electron chi connectivity index (χ1n) is 7.15. The number of esters is 1. The van der Waals surface area contributed by atoms with E-state index in [1.54, 1.807) is 13.8 Å². The van der Waals surface area contributed by atoms with Gasteiger partial charge in [0.1, 0.15) is 23.0 Å². The van der Waals surface area contributed by atoms with Crippen LogP contribution in [0, 0.1) is 6.92 Å². The summed E-state index contributed by atoms with van der Waals surface area (Å²) in [5.74, 6) is 1.19. The van der Waals surface area contributed by atoms with Gasteiger partial charge in [-0.05, 0) is 32.9 Å². The molecule has 1 aromatic carbocycles. The van der Waals surface area contributed by atoms with Gasteiger partial charge in [0.05, 0.1) is 18.9 Å². The summed E-state index contributed by atoms with van der Waals surface area (Å²) in [5.41, 5.74) is 1.02. The van der Waals surface area contributed by atoms with E-state index in [0.29, 0.717) is 36.2 Å². The van der Waals surface area contributed by atoms with E-state index in [0.717, 1.165) is 5.69 Å². The quantitative estimate of drug-likeness (QED) is 0.826. The Balaban J connectivity index is 2.36. The molecule has 0 aliphatic carbocycles. The van der Waals surface area contributed by atoms with E-state index < -0.39 is 5.97 Å². The van der Waals surface area contributed by atoms with Crippen LogP contribution in [-0.4, -0.2) is 29.2 Å². The highest BCUT2D eigenvalue weighted by Gasteiger charge is 2.16. The molecule has 0 saturated carbocycles. The van der Waals surface area contributed by atoms with Crippen LogP contribution in [0.4, 0.5) is 11.5 Å². The third-order valence-electron chi connectivity index (χ3n) is 2.84. The zero-order valence-corrected chi connectivity index (χ0v) is 12.9. The van der Waals surface area contributed by atoms with Crippen LogP contribution in [0.25, 0.3) is 0 Å². The Labute approximate surface area is 129 Å². The molecular formula is C16H19N3O3. The molecule has 2 aromatic rings. The summed E-state index contributed by atoms with van der Waals surface area (Å²) in [6, 6.07) is 7.47. The highest BCUT2D eigenvalue weighted by molar-refractivity contribution is 5.95. The van der Waals surface area contributed by atoms with Gasteiger partial charge in [0.15, 0.2) is 0 Å². The van der Waals surface area contributed by atoms with Crippen molar-refractivity contribution >= 4 is 17.5 Å². The van der Waals surface area contributed by atoms with Crippen molar-refractivity contribution in [3.8, 4) is 5.75 Å². The second-order valence-electron chi connectivity index (χ2n) is 4.45. The zero-order chi connectivity index (χ0) is 15.9. The summed E-state index contributed by atoms with van der Waals surface area (Å²) >= 11 is 0. The van der Waals surface area contributed by atoms with Crippen molar-refractivity contribution in [2.45, 2.75) is 20.8 Å². The topological polar surface area (TPSA) is 73.3 Å². The lowest BCUT2D eigenvalue weighted by Crippen LogP contribution is -2.11. The van der Waals surface area contributed by atoms with Gasteiger partial charge in [0.25, 0.3) is 0 Å². The summed E-state index contributed by atoms with van der Waals surface area (Å²) in [6.07, 6.45) is 1.46. The fourth-order valence-corrected chi connectivity index (χ4v) is 1.90. The Hall–Kier alpha value is -2.63. The molecule has 0 aliphatic rings. The number of nitrogens with one attached hydrogen (secondary N) is 1. The molecule has 2 rings (SSSR count). The van der Waals surface area contributed by atoms with Crippen LogP contribution in [0.1, 0.15) is 30.0 Å². The van der Waals surface area contributed by atoms with Crippen LogP contribution in [0.3, 0.4) is 0 Å². The predicted octanol–water partition coefficient (Wildman–Crippen LogP) is 3.10. The molecule has 0 aliphatic heterocycles. The Kier molecular flexibility index (Phi) is 5.30. The van der Waals surface area contributed by atoms with Gasteiger partial charge >= 0.3 is 5.97 Å². The second-order valence-corrected chi connectivity index (χ2v) is 4.45. The fourth-order valence-electron chi connectivity index (χ4n) is 1.90.